The molecular formula is C19H22BrNO3. The monoisotopic (exact) mass is 391 g/mol. The Balaban J connectivity index is 2.03. The number of methoxy groups -OCH3 is 2. The van der Waals surface area contributed by atoms with Crippen LogP contribution in [0.4, 0.5) is 5.69 Å². The largest absolute Gasteiger partial charge is 0.493 e. The molecule has 2 aromatic carbocycles. The summed E-state index contributed by atoms with van der Waals surface area (Å²) in [5.41, 5.74) is 4.11. The van der Waals surface area contributed by atoms with E-state index in [4.69, 9.17) is 9.47 Å². The maximum atomic E-state index is 12.2. The van der Waals surface area contributed by atoms with Gasteiger partial charge in [0.05, 0.1) is 14.2 Å². The summed E-state index contributed by atoms with van der Waals surface area (Å²) >= 11 is 3.52. The van der Waals surface area contributed by atoms with Crippen LogP contribution in [0.25, 0.3) is 0 Å². The van der Waals surface area contributed by atoms with Crippen molar-refractivity contribution in [3.05, 3.63) is 51.5 Å². The number of benzene rings is 2. The van der Waals surface area contributed by atoms with Crippen molar-refractivity contribution in [2.45, 2.75) is 26.7 Å². The Labute approximate surface area is 151 Å². The molecule has 0 spiro atoms. The highest BCUT2D eigenvalue weighted by Gasteiger charge is 2.12. The Morgan fingerprint density at radius 1 is 1.08 bits per heavy atom. The van der Waals surface area contributed by atoms with Gasteiger partial charge in [0.25, 0.3) is 0 Å². The molecule has 0 radical (unpaired) electrons. The van der Waals surface area contributed by atoms with Gasteiger partial charge in [-0.1, -0.05) is 33.6 Å². The first-order valence-electron chi connectivity index (χ1n) is 7.72. The summed E-state index contributed by atoms with van der Waals surface area (Å²) in [5, 5.41) is 2.97. The number of aryl methyl sites for hydroxylation is 3. The van der Waals surface area contributed by atoms with Crippen LogP contribution in [0.1, 0.15) is 23.1 Å². The summed E-state index contributed by atoms with van der Waals surface area (Å²) in [7, 11) is 3.20. The highest BCUT2D eigenvalue weighted by Crippen LogP contribution is 2.33. The van der Waals surface area contributed by atoms with Crippen LogP contribution in [-0.2, 0) is 11.2 Å². The molecule has 0 aromatic heterocycles. The van der Waals surface area contributed by atoms with Crippen LogP contribution in [0.3, 0.4) is 0 Å². The van der Waals surface area contributed by atoms with Gasteiger partial charge in [-0.3, -0.25) is 4.79 Å². The molecule has 1 N–H and O–H groups in total. The van der Waals surface area contributed by atoms with Crippen LogP contribution >= 0.6 is 15.9 Å². The third kappa shape index (κ3) is 4.51. The summed E-state index contributed by atoms with van der Waals surface area (Å²) in [5.74, 6) is 1.31. The Kier molecular flexibility index (Phi) is 6.26. The topological polar surface area (TPSA) is 47.6 Å². The number of carbonyl (C=O) groups is 1. The standard InChI is InChI=1S/C19H22BrNO3/c1-12-5-7-16(13(2)9-12)21-19(22)8-6-14-10-17(23-3)18(24-4)11-15(14)20/h5,7,9-11H,6,8H2,1-4H3,(H,21,22). The SMILES string of the molecule is COc1cc(Br)c(CCC(=O)Nc2ccc(C)cc2C)cc1OC. The lowest BCUT2D eigenvalue weighted by Crippen LogP contribution is -2.13. The van der Waals surface area contributed by atoms with Crippen LogP contribution in [0.15, 0.2) is 34.8 Å². The number of hydrogen-bond donors (Lipinski definition) is 1. The lowest BCUT2D eigenvalue weighted by atomic mass is 10.1. The zero-order chi connectivity index (χ0) is 17.7. The number of ether oxygens (including phenoxy) is 2. The van der Waals surface area contributed by atoms with E-state index in [2.05, 4.69) is 27.3 Å². The van der Waals surface area contributed by atoms with Gasteiger partial charge in [-0.05, 0) is 49.6 Å². The molecule has 128 valence electrons. The van der Waals surface area contributed by atoms with Gasteiger partial charge < -0.3 is 14.8 Å². The first-order chi connectivity index (χ1) is 11.4. The Hall–Kier alpha value is -2.01. The van der Waals surface area contributed by atoms with Crippen LogP contribution in [0, 0.1) is 13.8 Å². The lowest BCUT2D eigenvalue weighted by Gasteiger charge is -2.12. The number of amides is 1. The number of carbonyl (C=O) groups excluding carboxylic acids is 1. The molecule has 0 aliphatic rings. The molecule has 4 nitrogen and oxygen atoms in total. The van der Waals surface area contributed by atoms with Gasteiger partial charge in [-0.25, -0.2) is 0 Å². The second kappa shape index (κ2) is 8.20. The van der Waals surface area contributed by atoms with E-state index < -0.39 is 0 Å². The highest BCUT2D eigenvalue weighted by molar-refractivity contribution is 9.10. The van der Waals surface area contributed by atoms with Crippen molar-refractivity contribution in [1.82, 2.24) is 0 Å². The smallest absolute Gasteiger partial charge is 0.224 e. The molecule has 0 unspecified atom stereocenters. The Bertz CT molecular complexity index is 744. The third-order valence-electron chi connectivity index (χ3n) is 3.83. The maximum absolute atomic E-state index is 12.2. The quantitative estimate of drug-likeness (QED) is 0.778. The molecule has 0 aliphatic carbocycles. The van der Waals surface area contributed by atoms with Gasteiger partial charge >= 0.3 is 0 Å². The third-order valence-corrected chi connectivity index (χ3v) is 4.57. The summed E-state index contributed by atoms with van der Waals surface area (Å²) in [6.07, 6.45) is 0.999. The molecule has 2 rings (SSSR count). The molecule has 0 saturated carbocycles. The molecule has 0 aliphatic heterocycles. The van der Waals surface area contributed by atoms with E-state index in [-0.39, 0.29) is 5.91 Å². The predicted octanol–water partition coefficient (Wildman–Crippen LogP) is 4.65. The molecule has 2 aromatic rings. The predicted molar refractivity (Wildman–Crippen MR) is 100 cm³/mol. The molecule has 24 heavy (non-hydrogen) atoms. The van der Waals surface area contributed by atoms with Crippen molar-refractivity contribution in [2.24, 2.45) is 0 Å². The fraction of sp³-hybridized carbons (Fsp3) is 0.316. The van der Waals surface area contributed by atoms with E-state index in [0.717, 1.165) is 21.3 Å². The number of halogens is 1. The summed E-state index contributed by atoms with van der Waals surface area (Å²) in [6.45, 7) is 4.03. The van der Waals surface area contributed by atoms with E-state index >= 15 is 0 Å². The highest BCUT2D eigenvalue weighted by atomic mass is 79.9. The maximum Gasteiger partial charge on any atom is 0.224 e. The average Bonchev–Trinajstić information content (AvgIpc) is 2.56. The van der Waals surface area contributed by atoms with Crippen LogP contribution in [-0.4, -0.2) is 20.1 Å². The number of anilines is 1. The Morgan fingerprint density at radius 2 is 1.75 bits per heavy atom. The molecule has 0 heterocycles. The second-order valence-electron chi connectivity index (χ2n) is 5.67. The fourth-order valence-electron chi connectivity index (χ4n) is 2.50. The van der Waals surface area contributed by atoms with Gasteiger partial charge in [0.15, 0.2) is 11.5 Å². The minimum absolute atomic E-state index is 0.0105. The second-order valence-corrected chi connectivity index (χ2v) is 6.52. The van der Waals surface area contributed by atoms with Crippen molar-refractivity contribution < 1.29 is 14.3 Å². The normalized spacial score (nSPS) is 10.4. The van der Waals surface area contributed by atoms with Gasteiger partial charge in [-0.15, -0.1) is 0 Å². The number of hydrogen-bond acceptors (Lipinski definition) is 3. The summed E-state index contributed by atoms with van der Waals surface area (Å²) < 4.78 is 11.5. The minimum atomic E-state index is -0.0105. The summed E-state index contributed by atoms with van der Waals surface area (Å²) in [6, 6.07) is 9.74. The molecule has 0 saturated heterocycles. The van der Waals surface area contributed by atoms with Crippen LogP contribution < -0.4 is 14.8 Å². The van der Waals surface area contributed by atoms with Gasteiger partial charge in [0.1, 0.15) is 0 Å². The van der Waals surface area contributed by atoms with Crippen molar-refractivity contribution >= 4 is 27.5 Å². The lowest BCUT2D eigenvalue weighted by molar-refractivity contribution is -0.116. The van der Waals surface area contributed by atoms with Crippen molar-refractivity contribution in [3.8, 4) is 11.5 Å². The molecular weight excluding hydrogens is 370 g/mol. The fourth-order valence-corrected chi connectivity index (χ4v) is 3.02. The zero-order valence-corrected chi connectivity index (χ0v) is 16.0. The van der Waals surface area contributed by atoms with Crippen molar-refractivity contribution in [2.75, 3.05) is 19.5 Å². The first-order valence-corrected chi connectivity index (χ1v) is 8.51. The average molecular weight is 392 g/mol. The molecule has 0 atom stereocenters. The van der Waals surface area contributed by atoms with E-state index in [9.17, 15) is 4.79 Å². The van der Waals surface area contributed by atoms with E-state index in [1.807, 2.05) is 38.1 Å². The van der Waals surface area contributed by atoms with E-state index in [1.165, 1.54) is 5.56 Å². The van der Waals surface area contributed by atoms with Gasteiger partial charge in [0.2, 0.25) is 5.91 Å². The number of rotatable bonds is 6. The first kappa shape index (κ1) is 18.3. The van der Waals surface area contributed by atoms with Gasteiger partial charge in [0, 0.05) is 16.6 Å². The Morgan fingerprint density at radius 3 is 2.38 bits per heavy atom. The zero-order valence-electron chi connectivity index (χ0n) is 14.4. The molecule has 0 fully saturated rings. The molecule has 0 bridgehead atoms. The number of nitrogens with one attached hydrogen (secondary N) is 1. The van der Waals surface area contributed by atoms with Crippen molar-refractivity contribution in [1.29, 1.82) is 0 Å². The minimum Gasteiger partial charge on any atom is -0.493 e. The van der Waals surface area contributed by atoms with Crippen LogP contribution in [0.2, 0.25) is 0 Å². The van der Waals surface area contributed by atoms with Crippen molar-refractivity contribution in [3.63, 3.8) is 0 Å². The molecule has 1 amide bonds. The van der Waals surface area contributed by atoms with E-state index in [0.29, 0.717) is 24.3 Å². The summed E-state index contributed by atoms with van der Waals surface area (Å²) in [4.78, 5) is 12.2. The van der Waals surface area contributed by atoms with E-state index in [1.54, 1.807) is 14.2 Å². The molecule has 5 heteroatoms. The van der Waals surface area contributed by atoms with Gasteiger partial charge in [-0.2, -0.15) is 0 Å². The van der Waals surface area contributed by atoms with Crippen LogP contribution in [0.5, 0.6) is 11.5 Å².